The Bertz CT molecular complexity index is 1380. The Kier molecular flexibility index (Phi) is 7.07. The topological polar surface area (TPSA) is 111 Å². The Hall–Kier alpha value is -4.57. The zero-order valence-electron chi connectivity index (χ0n) is 19.4. The van der Waals surface area contributed by atoms with Crippen LogP contribution in [-0.2, 0) is 16.2 Å². The predicted octanol–water partition coefficient (Wildman–Crippen LogP) is 4.32. The standard InChI is InChI=1S/C26H21N3O6S/c1-16-3-8-19(9-4-16)28-25(31)21(24(30)27-26(28)36)13-18-7-12-22(23(14-18)34-2)35-15-17-5-10-20(11-6-17)29(32)33/h3-14H,15H2,1-2H3,(H,27,30,36)/b21-13+. The van der Waals surface area contributed by atoms with Gasteiger partial charge in [-0.3, -0.25) is 29.9 Å². The molecule has 0 bridgehead atoms. The average Bonchev–Trinajstić information content (AvgIpc) is 2.86. The Morgan fingerprint density at radius 1 is 1.03 bits per heavy atom. The molecule has 0 atom stereocenters. The van der Waals surface area contributed by atoms with Crippen LogP contribution in [0, 0.1) is 17.0 Å². The van der Waals surface area contributed by atoms with Gasteiger partial charge in [-0.1, -0.05) is 23.8 Å². The molecule has 0 spiro atoms. The van der Waals surface area contributed by atoms with Gasteiger partial charge in [-0.05, 0) is 72.7 Å². The maximum Gasteiger partial charge on any atom is 0.270 e. The van der Waals surface area contributed by atoms with E-state index in [1.54, 1.807) is 42.5 Å². The van der Waals surface area contributed by atoms with E-state index >= 15 is 0 Å². The van der Waals surface area contributed by atoms with Gasteiger partial charge in [0.05, 0.1) is 17.7 Å². The summed E-state index contributed by atoms with van der Waals surface area (Å²) in [6, 6.07) is 18.2. The number of hydrogen-bond acceptors (Lipinski definition) is 7. The molecule has 9 nitrogen and oxygen atoms in total. The van der Waals surface area contributed by atoms with Gasteiger partial charge in [-0.2, -0.15) is 0 Å². The zero-order valence-corrected chi connectivity index (χ0v) is 20.2. The van der Waals surface area contributed by atoms with Crippen LogP contribution in [0.1, 0.15) is 16.7 Å². The van der Waals surface area contributed by atoms with Gasteiger partial charge in [-0.25, -0.2) is 0 Å². The van der Waals surface area contributed by atoms with E-state index in [0.29, 0.717) is 22.7 Å². The lowest BCUT2D eigenvalue weighted by Crippen LogP contribution is -2.54. The van der Waals surface area contributed by atoms with Crippen LogP contribution in [-0.4, -0.2) is 29.0 Å². The third kappa shape index (κ3) is 5.23. The summed E-state index contributed by atoms with van der Waals surface area (Å²) in [5.74, 6) is -0.309. The number of anilines is 1. The molecule has 1 aliphatic rings. The summed E-state index contributed by atoms with van der Waals surface area (Å²) in [6.07, 6.45) is 1.46. The van der Waals surface area contributed by atoms with Crippen molar-refractivity contribution >= 4 is 46.6 Å². The summed E-state index contributed by atoms with van der Waals surface area (Å²) in [6.45, 7) is 2.10. The number of methoxy groups -OCH3 is 1. The predicted molar refractivity (Wildman–Crippen MR) is 138 cm³/mol. The number of ether oxygens (including phenoxy) is 2. The first-order chi connectivity index (χ1) is 17.3. The first kappa shape index (κ1) is 24.6. The molecule has 0 saturated carbocycles. The quantitative estimate of drug-likeness (QED) is 0.168. The average molecular weight is 504 g/mol. The van der Waals surface area contributed by atoms with Gasteiger partial charge in [0.2, 0.25) is 0 Å². The van der Waals surface area contributed by atoms with Crippen LogP contribution in [0.15, 0.2) is 72.3 Å². The molecule has 3 aromatic carbocycles. The lowest BCUT2D eigenvalue weighted by Gasteiger charge is -2.29. The highest BCUT2D eigenvalue weighted by Crippen LogP contribution is 2.31. The molecule has 1 aliphatic heterocycles. The number of hydrogen-bond donors (Lipinski definition) is 1. The molecule has 1 heterocycles. The monoisotopic (exact) mass is 503 g/mol. The molecule has 36 heavy (non-hydrogen) atoms. The SMILES string of the molecule is COc1cc(/C=C2\C(=O)NC(=S)N(c3ccc(C)cc3)C2=O)ccc1OCc1ccc([N+](=O)[O-])cc1. The number of non-ortho nitro benzene ring substituents is 1. The van der Waals surface area contributed by atoms with Crippen LogP contribution in [0.4, 0.5) is 11.4 Å². The molecular formula is C26H21N3O6S. The number of nitrogens with one attached hydrogen (secondary N) is 1. The van der Waals surface area contributed by atoms with E-state index in [1.807, 2.05) is 19.1 Å². The number of carbonyl (C=O) groups excluding carboxylic acids is 2. The number of nitro groups is 1. The van der Waals surface area contributed by atoms with Crippen molar-refractivity contribution in [2.24, 2.45) is 0 Å². The van der Waals surface area contributed by atoms with Gasteiger partial charge in [-0.15, -0.1) is 0 Å². The highest BCUT2D eigenvalue weighted by atomic mass is 32.1. The second-order valence-corrected chi connectivity index (χ2v) is 8.30. The van der Waals surface area contributed by atoms with Crippen molar-refractivity contribution in [2.45, 2.75) is 13.5 Å². The minimum atomic E-state index is -0.592. The van der Waals surface area contributed by atoms with Crippen molar-refractivity contribution in [3.8, 4) is 11.5 Å². The Morgan fingerprint density at radius 2 is 1.72 bits per heavy atom. The fraction of sp³-hybridized carbons (Fsp3) is 0.115. The normalized spacial score (nSPS) is 14.6. The fourth-order valence-corrected chi connectivity index (χ4v) is 3.80. The van der Waals surface area contributed by atoms with Gasteiger partial charge >= 0.3 is 0 Å². The number of benzene rings is 3. The molecule has 0 radical (unpaired) electrons. The smallest absolute Gasteiger partial charge is 0.270 e. The molecule has 1 saturated heterocycles. The van der Waals surface area contributed by atoms with E-state index in [-0.39, 0.29) is 23.0 Å². The molecule has 0 aromatic heterocycles. The van der Waals surface area contributed by atoms with Crippen LogP contribution in [0.5, 0.6) is 11.5 Å². The third-order valence-corrected chi connectivity index (χ3v) is 5.72. The van der Waals surface area contributed by atoms with Crippen molar-refractivity contribution < 1.29 is 24.0 Å². The zero-order chi connectivity index (χ0) is 25.8. The second kappa shape index (κ2) is 10.4. The largest absolute Gasteiger partial charge is 0.493 e. The summed E-state index contributed by atoms with van der Waals surface area (Å²) in [5.41, 5.74) is 2.78. The number of thiocarbonyl (C=S) groups is 1. The van der Waals surface area contributed by atoms with Crippen molar-refractivity contribution in [3.05, 3.63) is 99.1 Å². The number of amides is 2. The van der Waals surface area contributed by atoms with Crippen LogP contribution in [0.25, 0.3) is 6.08 Å². The van der Waals surface area contributed by atoms with E-state index in [9.17, 15) is 19.7 Å². The van der Waals surface area contributed by atoms with Crippen LogP contribution >= 0.6 is 12.2 Å². The molecule has 10 heteroatoms. The Balaban J connectivity index is 1.55. The van der Waals surface area contributed by atoms with E-state index in [4.69, 9.17) is 21.7 Å². The fourth-order valence-electron chi connectivity index (χ4n) is 3.52. The van der Waals surface area contributed by atoms with Gasteiger partial charge in [0.25, 0.3) is 17.5 Å². The third-order valence-electron chi connectivity index (χ3n) is 5.43. The number of nitro benzene ring substituents is 1. The minimum absolute atomic E-state index is 0.00303. The molecule has 0 aliphatic carbocycles. The second-order valence-electron chi connectivity index (χ2n) is 7.92. The number of aryl methyl sites for hydroxylation is 1. The highest BCUT2D eigenvalue weighted by molar-refractivity contribution is 7.80. The Morgan fingerprint density at radius 3 is 2.36 bits per heavy atom. The van der Waals surface area contributed by atoms with Gasteiger partial charge in [0.15, 0.2) is 16.6 Å². The lowest BCUT2D eigenvalue weighted by molar-refractivity contribution is -0.384. The van der Waals surface area contributed by atoms with Crippen molar-refractivity contribution in [1.29, 1.82) is 0 Å². The Labute approximate surface area is 212 Å². The highest BCUT2D eigenvalue weighted by Gasteiger charge is 2.34. The summed E-state index contributed by atoms with van der Waals surface area (Å²) < 4.78 is 11.2. The van der Waals surface area contributed by atoms with Crippen molar-refractivity contribution in [3.63, 3.8) is 0 Å². The first-order valence-corrected chi connectivity index (χ1v) is 11.2. The van der Waals surface area contributed by atoms with Crippen LogP contribution in [0.2, 0.25) is 0 Å². The van der Waals surface area contributed by atoms with E-state index in [1.165, 1.54) is 30.2 Å². The number of rotatable bonds is 7. The number of carbonyl (C=O) groups is 2. The van der Waals surface area contributed by atoms with Crippen LogP contribution in [0.3, 0.4) is 0 Å². The van der Waals surface area contributed by atoms with E-state index in [0.717, 1.165) is 11.1 Å². The summed E-state index contributed by atoms with van der Waals surface area (Å²) >= 11 is 5.24. The summed E-state index contributed by atoms with van der Waals surface area (Å²) in [4.78, 5) is 37.4. The maximum atomic E-state index is 13.2. The molecule has 1 fully saturated rings. The van der Waals surface area contributed by atoms with Crippen molar-refractivity contribution in [2.75, 3.05) is 12.0 Å². The molecule has 2 amide bonds. The molecule has 0 unspecified atom stereocenters. The molecule has 4 rings (SSSR count). The first-order valence-electron chi connectivity index (χ1n) is 10.8. The lowest BCUT2D eigenvalue weighted by atomic mass is 10.1. The van der Waals surface area contributed by atoms with E-state index in [2.05, 4.69) is 5.32 Å². The number of nitrogens with zero attached hydrogens (tertiary/aromatic N) is 2. The molecule has 3 aromatic rings. The molecular weight excluding hydrogens is 482 g/mol. The van der Waals surface area contributed by atoms with Crippen molar-refractivity contribution in [1.82, 2.24) is 5.32 Å². The molecule has 182 valence electrons. The van der Waals surface area contributed by atoms with E-state index < -0.39 is 16.7 Å². The molecule has 1 N–H and O–H groups in total. The van der Waals surface area contributed by atoms with Gasteiger partial charge in [0.1, 0.15) is 12.2 Å². The van der Waals surface area contributed by atoms with Gasteiger partial charge in [0, 0.05) is 12.1 Å². The minimum Gasteiger partial charge on any atom is -0.493 e. The summed E-state index contributed by atoms with van der Waals surface area (Å²) in [7, 11) is 1.47. The van der Waals surface area contributed by atoms with Crippen LogP contribution < -0.4 is 19.7 Å². The summed E-state index contributed by atoms with van der Waals surface area (Å²) in [5, 5.41) is 13.4. The van der Waals surface area contributed by atoms with Gasteiger partial charge < -0.3 is 9.47 Å². The maximum absolute atomic E-state index is 13.2.